The molecule has 3 heterocycles. The number of hydrogen-bond donors (Lipinski definition) is 0. The monoisotopic (exact) mass is 304 g/mol. The molecule has 2 fully saturated rings. The highest BCUT2D eigenvalue weighted by Gasteiger charge is 2.31. The molecule has 114 valence electrons. The molecule has 0 saturated carbocycles. The van der Waals surface area contributed by atoms with Crippen LogP contribution in [-0.4, -0.2) is 67.0 Å². The average Bonchev–Trinajstić information content (AvgIpc) is 3.14. The second-order valence-electron chi connectivity index (χ2n) is 6.40. The number of thioether (sulfide) groups is 1. The molecule has 0 radical (unpaired) electrons. The second-order valence-corrected chi connectivity index (χ2v) is 7.74. The number of fused-ring (bicyclic) bond motifs is 1. The number of likely N-dealkylation sites (tertiary alicyclic amines) is 1. The highest BCUT2D eigenvalue weighted by molar-refractivity contribution is 8.00. The molecule has 0 N–H and O–H groups in total. The third kappa shape index (κ3) is 3.14. The van der Waals surface area contributed by atoms with E-state index in [4.69, 9.17) is 4.74 Å². The summed E-state index contributed by atoms with van der Waals surface area (Å²) in [6, 6.07) is 9.68. The zero-order valence-corrected chi connectivity index (χ0v) is 13.4. The first-order valence-corrected chi connectivity index (χ1v) is 9.05. The Labute approximate surface area is 131 Å². The van der Waals surface area contributed by atoms with Crippen molar-refractivity contribution in [1.29, 1.82) is 0 Å². The molecule has 1 aromatic carbocycles. The molecule has 0 bridgehead atoms. The van der Waals surface area contributed by atoms with Gasteiger partial charge in [0.15, 0.2) is 0 Å². The first-order valence-electron chi connectivity index (χ1n) is 8.17. The van der Waals surface area contributed by atoms with E-state index < -0.39 is 0 Å². The third-order valence-electron chi connectivity index (χ3n) is 4.99. The molecule has 2 unspecified atom stereocenters. The standard InChI is InChI=1S/C17H24N2OS/c1-2-4-17-14(3-1)11-16(21-17)13-18-6-5-15(12-18)19-7-9-20-10-8-19/h1-4,15-16H,5-13H2. The second kappa shape index (κ2) is 6.29. The summed E-state index contributed by atoms with van der Waals surface area (Å²) in [5.74, 6) is 0. The molecule has 0 amide bonds. The van der Waals surface area contributed by atoms with E-state index in [9.17, 15) is 0 Å². The van der Waals surface area contributed by atoms with Crippen LogP contribution in [0.15, 0.2) is 29.2 Å². The van der Waals surface area contributed by atoms with Gasteiger partial charge in [-0.05, 0) is 31.0 Å². The lowest BCUT2D eigenvalue weighted by atomic mass is 10.1. The van der Waals surface area contributed by atoms with Crippen molar-refractivity contribution in [2.24, 2.45) is 0 Å². The Kier molecular flexibility index (Phi) is 4.21. The topological polar surface area (TPSA) is 15.7 Å². The van der Waals surface area contributed by atoms with Gasteiger partial charge < -0.3 is 9.64 Å². The van der Waals surface area contributed by atoms with Gasteiger partial charge in [0.25, 0.3) is 0 Å². The molecular formula is C17H24N2OS. The molecule has 0 aliphatic carbocycles. The van der Waals surface area contributed by atoms with Crippen LogP contribution in [0.4, 0.5) is 0 Å². The molecule has 0 aromatic heterocycles. The molecule has 3 aliphatic heterocycles. The van der Waals surface area contributed by atoms with Crippen molar-refractivity contribution in [2.45, 2.75) is 29.0 Å². The minimum atomic E-state index is 0.755. The van der Waals surface area contributed by atoms with E-state index >= 15 is 0 Å². The Morgan fingerprint density at radius 3 is 2.86 bits per heavy atom. The van der Waals surface area contributed by atoms with Crippen LogP contribution >= 0.6 is 11.8 Å². The van der Waals surface area contributed by atoms with Crippen LogP contribution in [0.1, 0.15) is 12.0 Å². The fourth-order valence-electron chi connectivity index (χ4n) is 3.86. The van der Waals surface area contributed by atoms with Gasteiger partial charge in [-0.25, -0.2) is 0 Å². The number of morpholine rings is 1. The van der Waals surface area contributed by atoms with Crippen molar-refractivity contribution in [3.8, 4) is 0 Å². The van der Waals surface area contributed by atoms with Crippen molar-refractivity contribution >= 4 is 11.8 Å². The van der Waals surface area contributed by atoms with Crippen LogP contribution in [0.2, 0.25) is 0 Å². The van der Waals surface area contributed by atoms with Crippen LogP contribution in [0.5, 0.6) is 0 Å². The van der Waals surface area contributed by atoms with Crippen molar-refractivity contribution < 1.29 is 4.74 Å². The SMILES string of the molecule is c1ccc2c(c1)CC(CN1CCC(N3CCOCC3)C1)S2. The van der Waals surface area contributed by atoms with Gasteiger partial charge in [0.05, 0.1) is 13.2 Å². The Hall–Kier alpha value is -0.550. The van der Waals surface area contributed by atoms with Gasteiger partial charge in [0.2, 0.25) is 0 Å². The smallest absolute Gasteiger partial charge is 0.0594 e. The predicted molar refractivity (Wildman–Crippen MR) is 87.0 cm³/mol. The molecule has 2 saturated heterocycles. The molecule has 21 heavy (non-hydrogen) atoms. The quantitative estimate of drug-likeness (QED) is 0.849. The summed E-state index contributed by atoms with van der Waals surface area (Å²) < 4.78 is 5.47. The zero-order chi connectivity index (χ0) is 14.1. The van der Waals surface area contributed by atoms with E-state index in [0.29, 0.717) is 0 Å². The van der Waals surface area contributed by atoms with Crippen LogP contribution in [0, 0.1) is 0 Å². The maximum atomic E-state index is 5.47. The summed E-state index contributed by atoms with van der Waals surface area (Å²) in [4.78, 5) is 6.83. The Bertz CT molecular complexity index is 464. The summed E-state index contributed by atoms with van der Waals surface area (Å²) >= 11 is 2.08. The number of hydrogen-bond acceptors (Lipinski definition) is 4. The highest BCUT2D eigenvalue weighted by atomic mass is 32.2. The summed E-state index contributed by atoms with van der Waals surface area (Å²) in [6.07, 6.45) is 2.59. The summed E-state index contributed by atoms with van der Waals surface area (Å²) in [6.45, 7) is 7.88. The fourth-order valence-corrected chi connectivity index (χ4v) is 5.23. The maximum Gasteiger partial charge on any atom is 0.0594 e. The zero-order valence-electron chi connectivity index (χ0n) is 12.5. The number of ether oxygens (including phenoxy) is 1. The minimum absolute atomic E-state index is 0.755. The fraction of sp³-hybridized carbons (Fsp3) is 0.647. The Morgan fingerprint density at radius 1 is 1.14 bits per heavy atom. The van der Waals surface area contributed by atoms with Crippen LogP contribution < -0.4 is 0 Å². The molecule has 0 spiro atoms. The molecular weight excluding hydrogens is 280 g/mol. The van der Waals surface area contributed by atoms with E-state index in [1.807, 2.05) is 0 Å². The third-order valence-corrected chi connectivity index (χ3v) is 6.29. The minimum Gasteiger partial charge on any atom is -0.379 e. The van der Waals surface area contributed by atoms with Crippen LogP contribution in [-0.2, 0) is 11.2 Å². The molecule has 4 rings (SSSR count). The number of benzene rings is 1. The van der Waals surface area contributed by atoms with Gasteiger partial charge >= 0.3 is 0 Å². The van der Waals surface area contributed by atoms with Gasteiger partial charge in [-0.1, -0.05) is 18.2 Å². The summed E-state index contributed by atoms with van der Waals surface area (Å²) in [7, 11) is 0. The van der Waals surface area contributed by atoms with E-state index in [-0.39, 0.29) is 0 Å². The van der Waals surface area contributed by atoms with E-state index in [1.54, 1.807) is 5.56 Å². The van der Waals surface area contributed by atoms with Crippen molar-refractivity contribution in [3.05, 3.63) is 29.8 Å². The molecule has 3 nitrogen and oxygen atoms in total. The largest absolute Gasteiger partial charge is 0.379 e. The predicted octanol–water partition coefficient (Wildman–Crippen LogP) is 2.11. The molecule has 4 heteroatoms. The van der Waals surface area contributed by atoms with Gasteiger partial charge in [0, 0.05) is 42.4 Å². The maximum absolute atomic E-state index is 5.47. The van der Waals surface area contributed by atoms with Crippen LogP contribution in [0.3, 0.4) is 0 Å². The first kappa shape index (κ1) is 14.1. The van der Waals surface area contributed by atoms with Crippen molar-refractivity contribution in [1.82, 2.24) is 9.80 Å². The lowest BCUT2D eigenvalue weighted by Gasteiger charge is -2.32. The molecule has 1 aromatic rings. The van der Waals surface area contributed by atoms with Gasteiger partial charge in [-0.15, -0.1) is 11.8 Å². The van der Waals surface area contributed by atoms with Crippen molar-refractivity contribution in [3.63, 3.8) is 0 Å². The van der Waals surface area contributed by atoms with Crippen molar-refractivity contribution in [2.75, 3.05) is 45.9 Å². The Morgan fingerprint density at radius 2 is 2.00 bits per heavy atom. The van der Waals surface area contributed by atoms with E-state index in [1.165, 1.54) is 37.4 Å². The van der Waals surface area contributed by atoms with Crippen LogP contribution in [0.25, 0.3) is 0 Å². The average molecular weight is 304 g/mol. The van der Waals surface area contributed by atoms with Gasteiger partial charge in [-0.2, -0.15) is 0 Å². The highest BCUT2D eigenvalue weighted by Crippen LogP contribution is 2.37. The lowest BCUT2D eigenvalue weighted by molar-refractivity contribution is 0.0185. The first-order chi connectivity index (χ1) is 10.4. The summed E-state index contributed by atoms with van der Waals surface area (Å²) in [5.41, 5.74) is 1.55. The molecule has 2 atom stereocenters. The Balaban J connectivity index is 1.29. The lowest BCUT2D eigenvalue weighted by Crippen LogP contribution is -2.45. The molecule has 3 aliphatic rings. The number of nitrogens with zero attached hydrogens (tertiary/aromatic N) is 2. The van der Waals surface area contributed by atoms with E-state index in [2.05, 4.69) is 45.8 Å². The van der Waals surface area contributed by atoms with Gasteiger partial charge in [0.1, 0.15) is 0 Å². The number of rotatable bonds is 3. The van der Waals surface area contributed by atoms with E-state index in [0.717, 1.165) is 37.6 Å². The summed E-state index contributed by atoms with van der Waals surface area (Å²) in [5, 5.41) is 0.755. The van der Waals surface area contributed by atoms with Gasteiger partial charge in [-0.3, -0.25) is 4.90 Å². The normalized spacial score (nSPS) is 30.7.